The minimum atomic E-state index is -1.50. The van der Waals surface area contributed by atoms with E-state index in [1.807, 2.05) is 0 Å². The average Bonchev–Trinajstić information content (AvgIpc) is 2.30. The molecule has 0 bridgehead atoms. The predicted molar refractivity (Wildman–Crippen MR) is 65.3 cm³/mol. The number of carbonyl (C=O) groups excluding carboxylic acids is 1. The summed E-state index contributed by atoms with van der Waals surface area (Å²) in [6.45, 7) is 3.27. The molecule has 0 spiro atoms. The highest BCUT2D eigenvalue weighted by Gasteiger charge is 2.16. The van der Waals surface area contributed by atoms with Crippen molar-refractivity contribution in [2.45, 2.75) is 0 Å². The topological polar surface area (TPSA) is 78.4 Å². The molecule has 0 saturated carbocycles. The molecule has 0 unspecified atom stereocenters. The van der Waals surface area contributed by atoms with Crippen LogP contribution in [0.4, 0.5) is 19.3 Å². The second kappa shape index (κ2) is 6.14. The maximum Gasteiger partial charge on any atom is 0.337 e. The first-order valence-corrected chi connectivity index (χ1v) is 5.29. The molecule has 0 aliphatic carbocycles. The highest BCUT2D eigenvalue weighted by atomic mass is 35.5. The molecule has 3 N–H and O–H groups in total. The van der Waals surface area contributed by atoms with Crippen LogP contribution in [0.2, 0.25) is 0 Å². The lowest BCUT2D eigenvalue weighted by molar-refractivity contribution is 0.0697. The Morgan fingerprint density at radius 1 is 1.32 bits per heavy atom. The van der Waals surface area contributed by atoms with Crippen LogP contribution < -0.4 is 10.6 Å². The van der Waals surface area contributed by atoms with Crippen molar-refractivity contribution in [2.24, 2.45) is 0 Å². The Hall–Kier alpha value is -2.15. The average molecular weight is 291 g/mol. The van der Waals surface area contributed by atoms with Gasteiger partial charge >= 0.3 is 12.0 Å². The van der Waals surface area contributed by atoms with Gasteiger partial charge in [-0.05, 0) is 6.07 Å². The van der Waals surface area contributed by atoms with Gasteiger partial charge in [0.15, 0.2) is 11.6 Å². The molecule has 102 valence electrons. The standard InChI is InChI=1S/C11H9ClF2N2O3/c1-5(12)4-15-11(19)16-9-3-8(14)7(13)2-6(9)10(17)18/h2-3H,1,4H2,(H,17,18)(H2,15,16,19). The van der Waals surface area contributed by atoms with Crippen LogP contribution in [0.25, 0.3) is 0 Å². The quantitative estimate of drug-likeness (QED) is 0.797. The van der Waals surface area contributed by atoms with Crippen molar-refractivity contribution in [1.82, 2.24) is 5.32 Å². The van der Waals surface area contributed by atoms with Gasteiger partial charge in [0.2, 0.25) is 0 Å². The molecule has 1 rings (SSSR count). The van der Waals surface area contributed by atoms with Crippen molar-refractivity contribution in [2.75, 3.05) is 11.9 Å². The molecular formula is C11H9ClF2N2O3. The zero-order valence-electron chi connectivity index (χ0n) is 9.47. The van der Waals surface area contributed by atoms with Crippen molar-refractivity contribution >= 4 is 29.3 Å². The Kier molecular flexibility index (Phi) is 4.82. The molecule has 0 aromatic heterocycles. The third-order valence-corrected chi connectivity index (χ3v) is 2.11. The summed E-state index contributed by atoms with van der Waals surface area (Å²) in [5.41, 5.74) is -0.942. The lowest BCUT2D eigenvalue weighted by Gasteiger charge is -2.10. The number of halogens is 3. The fourth-order valence-electron chi connectivity index (χ4n) is 1.17. The Balaban J connectivity index is 2.93. The van der Waals surface area contributed by atoms with Gasteiger partial charge in [-0.3, -0.25) is 0 Å². The van der Waals surface area contributed by atoms with Gasteiger partial charge in [0.25, 0.3) is 0 Å². The van der Waals surface area contributed by atoms with E-state index in [9.17, 15) is 18.4 Å². The van der Waals surface area contributed by atoms with Crippen LogP contribution in [0.5, 0.6) is 0 Å². The number of anilines is 1. The van der Waals surface area contributed by atoms with Crippen molar-refractivity contribution in [1.29, 1.82) is 0 Å². The smallest absolute Gasteiger partial charge is 0.337 e. The van der Waals surface area contributed by atoms with Crippen LogP contribution in [-0.4, -0.2) is 23.7 Å². The molecule has 0 heterocycles. The fraction of sp³-hybridized carbons (Fsp3) is 0.0909. The van der Waals surface area contributed by atoms with Gasteiger partial charge in [0.05, 0.1) is 17.8 Å². The molecule has 5 nitrogen and oxygen atoms in total. The first-order valence-electron chi connectivity index (χ1n) is 4.91. The van der Waals surface area contributed by atoms with E-state index >= 15 is 0 Å². The number of nitrogens with one attached hydrogen (secondary N) is 2. The summed E-state index contributed by atoms with van der Waals surface area (Å²) < 4.78 is 25.9. The number of benzene rings is 1. The lowest BCUT2D eigenvalue weighted by Crippen LogP contribution is -2.30. The Morgan fingerprint density at radius 2 is 1.89 bits per heavy atom. The van der Waals surface area contributed by atoms with E-state index in [4.69, 9.17) is 16.7 Å². The summed E-state index contributed by atoms with van der Waals surface area (Å²) in [6, 6.07) is 0.233. The SMILES string of the molecule is C=C(Cl)CNC(=O)Nc1cc(F)c(F)cc1C(=O)O. The van der Waals surface area contributed by atoms with Gasteiger partial charge in [-0.2, -0.15) is 0 Å². The second-order valence-corrected chi connectivity index (χ2v) is 3.98. The molecule has 0 aliphatic heterocycles. The molecule has 0 fully saturated rings. The molecule has 1 aromatic rings. The predicted octanol–water partition coefficient (Wildman–Crippen LogP) is 2.54. The van der Waals surface area contributed by atoms with Crippen LogP contribution in [0.15, 0.2) is 23.7 Å². The van der Waals surface area contributed by atoms with Crippen LogP contribution in [0, 0.1) is 11.6 Å². The number of aromatic carboxylic acids is 1. The zero-order chi connectivity index (χ0) is 14.6. The fourth-order valence-corrected chi connectivity index (χ4v) is 1.24. The first kappa shape index (κ1) is 14.9. The number of rotatable bonds is 4. The normalized spacial score (nSPS) is 9.84. The molecule has 0 atom stereocenters. The molecule has 1 aromatic carbocycles. The molecular weight excluding hydrogens is 282 g/mol. The van der Waals surface area contributed by atoms with Gasteiger partial charge in [-0.15, -0.1) is 0 Å². The van der Waals surface area contributed by atoms with E-state index < -0.39 is 29.2 Å². The molecule has 0 saturated heterocycles. The number of urea groups is 1. The number of amides is 2. The van der Waals surface area contributed by atoms with E-state index in [0.717, 1.165) is 0 Å². The molecule has 19 heavy (non-hydrogen) atoms. The number of carbonyl (C=O) groups is 2. The summed E-state index contributed by atoms with van der Waals surface area (Å²) in [7, 11) is 0. The van der Waals surface area contributed by atoms with Gasteiger partial charge in [0.1, 0.15) is 0 Å². The third-order valence-electron chi connectivity index (χ3n) is 1.98. The van der Waals surface area contributed by atoms with Crippen LogP contribution in [0.3, 0.4) is 0 Å². The number of carboxylic acids is 1. The molecule has 8 heteroatoms. The Morgan fingerprint density at radius 3 is 2.42 bits per heavy atom. The summed E-state index contributed by atoms with van der Waals surface area (Å²) in [6.07, 6.45) is 0. The summed E-state index contributed by atoms with van der Waals surface area (Å²) in [4.78, 5) is 22.2. The minimum absolute atomic E-state index is 0.0561. The summed E-state index contributed by atoms with van der Waals surface area (Å²) >= 11 is 5.41. The van der Waals surface area contributed by atoms with Crippen molar-refractivity contribution in [3.8, 4) is 0 Å². The van der Waals surface area contributed by atoms with Crippen LogP contribution in [-0.2, 0) is 0 Å². The third kappa shape index (κ3) is 4.22. The highest BCUT2D eigenvalue weighted by molar-refractivity contribution is 6.29. The van der Waals surface area contributed by atoms with Gasteiger partial charge in [-0.25, -0.2) is 18.4 Å². The van der Waals surface area contributed by atoms with Crippen LogP contribution >= 0.6 is 11.6 Å². The minimum Gasteiger partial charge on any atom is -0.478 e. The Labute approximate surface area is 111 Å². The van der Waals surface area contributed by atoms with Crippen molar-refractivity contribution in [3.63, 3.8) is 0 Å². The lowest BCUT2D eigenvalue weighted by atomic mass is 10.1. The number of hydrogen-bond acceptors (Lipinski definition) is 2. The van der Waals surface area contributed by atoms with Gasteiger partial charge < -0.3 is 15.7 Å². The van der Waals surface area contributed by atoms with Crippen molar-refractivity contribution in [3.05, 3.63) is 40.9 Å². The number of hydrogen-bond donors (Lipinski definition) is 3. The van der Waals surface area contributed by atoms with E-state index in [0.29, 0.717) is 12.1 Å². The summed E-state index contributed by atoms with van der Waals surface area (Å²) in [5, 5.41) is 13.3. The monoisotopic (exact) mass is 290 g/mol. The van der Waals surface area contributed by atoms with E-state index in [-0.39, 0.29) is 17.3 Å². The maximum absolute atomic E-state index is 13.0. The van der Waals surface area contributed by atoms with Gasteiger partial charge in [0, 0.05) is 11.1 Å². The molecule has 2 amide bonds. The van der Waals surface area contributed by atoms with E-state index in [1.54, 1.807) is 0 Å². The number of carboxylic acid groups (broad SMARTS) is 1. The zero-order valence-corrected chi connectivity index (χ0v) is 10.2. The molecule has 0 aliphatic rings. The van der Waals surface area contributed by atoms with Crippen molar-refractivity contribution < 1.29 is 23.5 Å². The van der Waals surface area contributed by atoms with E-state index in [1.165, 1.54) is 0 Å². The molecule has 0 radical (unpaired) electrons. The van der Waals surface area contributed by atoms with E-state index in [2.05, 4.69) is 17.2 Å². The Bertz CT molecular complexity index is 549. The highest BCUT2D eigenvalue weighted by Crippen LogP contribution is 2.20. The largest absolute Gasteiger partial charge is 0.478 e. The second-order valence-electron chi connectivity index (χ2n) is 3.44. The first-order chi connectivity index (χ1) is 8.81. The van der Waals surface area contributed by atoms with Crippen LogP contribution in [0.1, 0.15) is 10.4 Å². The summed E-state index contributed by atoms with van der Waals surface area (Å²) in [5.74, 6) is -4.10. The maximum atomic E-state index is 13.0. The van der Waals surface area contributed by atoms with Gasteiger partial charge in [-0.1, -0.05) is 18.2 Å².